The molecule has 4 rings (SSSR count). The average molecular weight is 306 g/mol. The molecule has 120 valence electrons. The lowest BCUT2D eigenvalue weighted by Gasteiger charge is -2.40. The summed E-state index contributed by atoms with van der Waals surface area (Å²) in [5, 5.41) is 0. The Morgan fingerprint density at radius 2 is 2.05 bits per heavy atom. The number of hydrogen-bond acceptors (Lipinski definition) is 5. The van der Waals surface area contributed by atoms with E-state index in [1.807, 2.05) is 0 Å². The maximum absolute atomic E-state index is 13.0. The zero-order valence-electron chi connectivity index (χ0n) is 12.9. The second-order valence-corrected chi connectivity index (χ2v) is 6.96. The number of nitrogens with zero attached hydrogens (tertiary/aromatic N) is 4. The molecule has 0 N–H and O–H groups in total. The molecule has 3 saturated heterocycles. The van der Waals surface area contributed by atoms with Crippen molar-refractivity contribution < 1.29 is 9.13 Å². The van der Waals surface area contributed by atoms with Crippen molar-refractivity contribution in [3.63, 3.8) is 0 Å². The number of aromatic nitrogens is 2. The lowest BCUT2D eigenvalue weighted by molar-refractivity contribution is 0.144. The van der Waals surface area contributed by atoms with E-state index in [-0.39, 0.29) is 5.82 Å². The molecule has 3 aliphatic heterocycles. The molecule has 2 atom stereocenters. The van der Waals surface area contributed by atoms with Crippen LogP contribution in [-0.4, -0.2) is 60.3 Å². The SMILES string of the molecule is Fc1cnc(N2CCC[C@]3(CCN([C@H]4CCOC4)C3)C2)nc1. The van der Waals surface area contributed by atoms with Gasteiger partial charge in [0.2, 0.25) is 5.95 Å². The van der Waals surface area contributed by atoms with Gasteiger partial charge in [-0.3, -0.25) is 4.90 Å². The first-order valence-electron chi connectivity index (χ1n) is 8.28. The zero-order chi connectivity index (χ0) is 15.0. The molecular formula is C16H23FN4O. The van der Waals surface area contributed by atoms with Crippen molar-refractivity contribution in [3.05, 3.63) is 18.2 Å². The maximum Gasteiger partial charge on any atom is 0.225 e. The molecule has 6 heteroatoms. The van der Waals surface area contributed by atoms with E-state index in [4.69, 9.17) is 4.74 Å². The smallest absolute Gasteiger partial charge is 0.225 e. The van der Waals surface area contributed by atoms with Crippen molar-refractivity contribution in [2.75, 3.05) is 44.3 Å². The molecule has 0 amide bonds. The maximum atomic E-state index is 13.0. The third-order valence-corrected chi connectivity index (χ3v) is 5.44. The Labute approximate surface area is 130 Å². The van der Waals surface area contributed by atoms with Crippen LogP contribution < -0.4 is 4.90 Å². The molecule has 3 aliphatic rings. The molecule has 1 aromatic heterocycles. The molecule has 1 spiro atoms. The van der Waals surface area contributed by atoms with Gasteiger partial charge in [-0.15, -0.1) is 0 Å². The van der Waals surface area contributed by atoms with E-state index in [1.165, 1.54) is 38.2 Å². The standard InChI is InChI=1S/C16H23FN4O/c17-13-8-18-15(19-9-13)21-5-1-3-16(12-21)4-6-20(11-16)14-2-7-22-10-14/h8-9,14H,1-7,10-12H2/t14-,16+/m0/s1. The first-order chi connectivity index (χ1) is 10.7. The average Bonchev–Trinajstić information content (AvgIpc) is 3.18. The third kappa shape index (κ3) is 2.70. The molecule has 22 heavy (non-hydrogen) atoms. The van der Waals surface area contributed by atoms with Gasteiger partial charge in [0.25, 0.3) is 0 Å². The Hall–Kier alpha value is -1.27. The summed E-state index contributed by atoms with van der Waals surface area (Å²) >= 11 is 0. The summed E-state index contributed by atoms with van der Waals surface area (Å²) in [4.78, 5) is 13.2. The van der Waals surface area contributed by atoms with Crippen LogP contribution in [0.2, 0.25) is 0 Å². The van der Waals surface area contributed by atoms with Gasteiger partial charge in [0, 0.05) is 37.7 Å². The fourth-order valence-electron chi connectivity index (χ4n) is 4.27. The molecule has 0 saturated carbocycles. The van der Waals surface area contributed by atoms with Crippen molar-refractivity contribution in [1.29, 1.82) is 0 Å². The summed E-state index contributed by atoms with van der Waals surface area (Å²) in [6, 6.07) is 0.608. The Kier molecular flexibility index (Phi) is 3.74. The van der Waals surface area contributed by atoms with Crippen LogP contribution in [0.1, 0.15) is 25.7 Å². The van der Waals surface area contributed by atoms with Crippen LogP contribution in [0.3, 0.4) is 0 Å². The molecule has 5 nitrogen and oxygen atoms in total. The van der Waals surface area contributed by atoms with Gasteiger partial charge in [-0.2, -0.15) is 0 Å². The summed E-state index contributed by atoms with van der Waals surface area (Å²) in [7, 11) is 0. The van der Waals surface area contributed by atoms with Crippen LogP contribution in [0.4, 0.5) is 10.3 Å². The van der Waals surface area contributed by atoms with Gasteiger partial charge in [0.1, 0.15) is 0 Å². The largest absolute Gasteiger partial charge is 0.380 e. The Balaban J connectivity index is 1.45. The molecule has 0 aromatic carbocycles. The zero-order valence-corrected chi connectivity index (χ0v) is 12.9. The van der Waals surface area contributed by atoms with Crippen LogP contribution in [0.5, 0.6) is 0 Å². The number of halogens is 1. The van der Waals surface area contributed by atoms with Gasteiger partial charge >= 0.3 is 0 Å². The van der Waals surface area contributed by atoms with Crippen LogP contribution >= 0.6 is 0 Å². The fourth-order valence-corrected chi connectivity index (χ4v) is 4.27. The van der Waals surface area contributed by atoms with Crippen molar-refractivity contribution in [1.82, 2.24) is 14.9 Å². The summed E-state index contributed by atoms with van der Waals surface area (Å²) in [5.41, 5.74) is 0.346. The van der Waals surface area contributed by atoms with Crippen LogP contribution in [-0.2, 0) is 4.74 Å². The van der Waals surface area contributed by atoms with Crippen LogP contribution in [0.15, 0.2) is 12.4 Å². The lowest BCUT2D eigenvalue weighted by atomic mass is 9.79. The molecule has 3 fully saturated rings. The van der Waals surface area contributed by atoms with Gasteiger partial charge < -0.3 is 9.64 Å². The van der Waals surface area contributed by atoms with Crippen LogP contribution in [0, 0.1) is 11.2 Å². The third-order valence-electron chi connectivity index (χ3n) is 5.44. The lowest BCUT2D eigenvalue weighted by Crippen LogP contribution is -2.46. The Bertz CT molecular complexity index is 519. The highest BCUT2D eigenvalue weighted by Crippen LogP contribution is 2.41. The summed E-state index contributed by atoms with van der Waals surface area (Å²) < 4.78 is 18.5. The predicted molar refractivity (Wildman–Crippen MR) is 81.3 cm³/mol. The van der Waals surface area contributed by atoms with Gasteiger partial charge in [-0.1, -0.05) is 0 Å². The van der Waals surface area contributed by atoms with E-state index in [1.54, 1.807) is 0 Å². The number of hydrogen-bond donors (Lipinski definition) is 0. The molecule has 1 aromatic rings. The number of piperidine rings is 1. The van der Waals surface area contributed by atoms with Gasteiger partial charge in [0.15, 0.2) is 5.82 Å². The molecule has 0 aliphatic carbocycles. The number of ether oxygens (including phenoxy) is 1. The van der Waals surface area contributed by atoms with Crippen molar-refractivity contribution in [3.8, 4) is 0 Å². The second kappa shape index (κ2) is 5.74. The molecule has 0 radical (unpaired) electrons. The summed E-state index contributed by atoms with van der Waals surface area (Å²) in [6.45, 7) is 6.08. The number of anilines is 1. The second-order valence-electron chi connectivity index (χ2n) is 6.96. The highest BCUT2D eigenvalue weighted by Gasteiger charge is 2.44. The molecule has 0 unspecified atom stereocenters. The normalized spacial score (nSPS) is 33.0. The van der Waals surface area contributed by atoms with Gasteiger partial charge in [-0.05, 0) is 32.2 Å². The highest BCUT2D eigenvalue weighted by atomic mass is 19.1. The van der Waals surface area contributed by atoms with E-state index in [2.05, 4.69) is 19.8 Å². The van der Waals surface area contributed by atoms with Crippen molar-refractivity contribution >= 4 is 5.95 Å². The molecular weight excluding hydrogens is 283 g/mol. The predicted octanol–water partition coefficient (Wildman–Crippen LogP) is 1.70. The number of rotatable bonds is 2. The van der Waals surface area contributed by atoms with Crippen molar-refractivity contribution in [2.24, 2.45) is 5.41 Å². The minimum absolute atomic E-state index is 0.346. The first-order valence-corrected chi connectivity index (χ1v) is 8.28. The van der Waals surface area contributed by atoms with Gasteiger partial charge in [-0.25, -0.2) is 14.4 Å². The monoisotopic (exact) mass is 306 g/mol. The van der Waals surface area contributed by atoms with Gasteiger partial charge in [0.05, 0.1) is 19.0 Å². The Morgan fingerprint density at radius 3 is 2.82 bits per heavy atom. The van der Waals surface area contributed by atoms with E-state index in [9.17, 15) is 4.39 Å². The van der Waals surface area contributed by atoms with E-state index < -0.39 is 0 Å². The molecule has 4 heterocycles. The number of likely N-dealkylation sites (tertiary alicyclic amines) is 1. The Morgan fingerprint density at radius 1 is 1.18 bits per heavy atom. The molecule has 0 bridgehead atoms. The highest BCUT2D eigenvalue weighted by molar-refractivity contribution is 5.30. The van der Waals surface area contributed by atoms with E-state index in [0.29, 0.717) is 17.4 Å². The van der Waals surface area contributed by atoms with Crippen LogP contribution in [0.25, 0.3) is 0 Å². The quantitative estimate of drug-likeness (QED) is 0.832. The topological polar surface area (TPSA) is 41.5 Å². The summed E-state index contributed by atoms with van der Waals surface area (Å²) in [5.74, 6) is 0.298. The van der Waals surface area contributed by atoms with Crippen molar-refractivity contribution in [2.45, 2.75) is 31.7 Å². The summed E-state index contributed by atoms with van der Waals surface area (Å²) in [6.07, 6.45) is 7.37. The minimum atomic E-state index is -0.372. The van der Waals surface area contributed by atoms with E-state index >= 15 is 0 Å². The fraction of sp³-hybridized carbons (Fsp3) is 0.750. The minimum Gasteiger partial charge on any atom is -0.380 e. The first kappa shape index (κ1) is 14.3. The van der Waals surface area contributed by atoms with E-state index in [0.717, 1.165) is 39.3 Å².